The molecular formula is C68H53N3. The van der Waals surface area contributed by atoms with Crippen molar-refractivity contribution in [2.75, 3.05) is 14.7 Å². The summed E-state index contributed by atoms with van der Waals surface area (Å²) in [4.78, 5) is 7.18. The summed E-state index contributed by atoms with van der Waals surface area (Å²) < 4.78 is 0. The summed E-state index contributed by atoms with van der Waals surface area (Å²) in [5.74, 6) is 0. The van der Waals surface area contributed by atoms with Gasteiger partial charge in [-0.1, -0.05) is 205 Å². The standard InChI is InChI=1S/C68H53N3/c1-50-23-35-60(36-24-50)69(61-37-25-51(2)26-38-61)66-47-67(70(62-39-27-56(28-40-62)52-15-7-3-8-16-52)63-41-29-57(30-42-63)53-17-9-4-10-18-53)49-68(48-66)71(64-43-31-58(32-44-64)54-19-11-5-12-20-54)65-45-33-59(34-46-65)55-21-13-6-14-22-55/h3-49H,1-2H3. The first-order chi connectivity index (χ1) is 35.0. The van der Waals surface area contributed by atoms with Gasteiger partial charge < -0.3 is 14.7 Å². The molecule has 0 aliphatic carbocycles. The number of benzene rings is 11. The lowest BCUT2D eigenvalue weighted by atomic mass is 10.0. The molecule has 0 saturated heterocycles. The molecule has 0 bridgehead atoms. The summed E-state index contributed by atoms with van der Waals surface area (Å²) in [6.45, 7) is 4.29. The third-order valence-corrected chi connectivity index (χ3v) is 13.2. The highest BCUT2D eigenvalue weighted by molar-refractivity contribution is 5.90. The fraction of sp³-hybridized carbons (Fsp3) is 0.0294. The van der Waals surface area contributed by atoms with Crippen molar-refractivity contribution in [1.29, 1.82) is 0 Å². The van der Waals surface area contributed by atoms with Gasteiger partial charge in [0.1, 0.15) is 0 Å². The van der Waals surface area contributed by atoms with E-state index in [1.54, 1.807) is 0 Å². The number of hydrogen-bond donors (Lipinski definition) is 0. The van der Waals surface area contributed by atoms with E-state index in [2.05, 4.69) is 314 Å². The van der Waals surface area contributed by atoms with Gasteiger partial charge in [0.2, 0.25) is 0 Å². The number of nitrogens with zero attached hydrogens (tertiary/aromatic N) is 3. The van der Waals surface area contributed by atoms with Gasteiger partial charge in [0, 0.05) is 34.1 Å². The van der Waals surface area contributed by atoms with Crippen molar-refractivity contribution in [2.45, 2.75) is 13.8 Å². The van der Waals surface area contributed by atoms with Crippen LogP contribution in [0.15, 0.2) is 285 Å². The number of aryl methyl sites for hydroxylation is 2. The summed E-state index contributed by atoms with van der Waals surface area (Å²) in [5.41, 5.74) is 21.2. The molecule has 0 radical (unpaired) electrons. The molecule has 0 heterocycles. The summed E-state index contributed by atoms with van der Waals surface area (Å²) in [5, 5.41) is 0. The second-order valence-corrected chi connectivity index (χ2v) is 18.0. The maximum atomic E-state index is 2.40. The van der Waals surface area contributed by atoms with Gasteiger partial charge >= 0.3 is 0 Å². The predicted molar refractivity (Wildman–Crippen MR) is 302 cm³/mol. The van der Waals surface area contributed by atoms with Crippen molar-refractivity contribution in [3.05, 3.63) is 296 Å². The molecule has 0 aliphatic heterocycles. The number of rotatable bonds is 13. The zero-order valence-electron chi connectivity index (χ0n) is 40.0. The van der Waals surface area contributed by atoms with Crippen LogP contribution in [0.3, 0.4) is 0 Å². The highest BCUT2D eigenvalue weighted by atomic mass is 15.2. The molecular weight excluding hydrogens is 859 g/mol. The van der Waals surface area contributed by atoms with Crippen LogP contribution >= 0.6 is 0 Å². The fourth-order valence-electron chi connectivity index (χ4n) is 9.43. The first kappa shape index (κ1) is 44.3. The van der Waals surface area contributed by atoms with Crippen molar-refractivity contribution < 1.29 is 0 Å². The first-order valence-corrected chi connectivity index (χ1v) is 24.3. The van der Waals surface area contributed by atoms with Gasteiger partial charge in [-0.15, -0.1) is 0 Å². The van der Waals surface area contributed by atoms with Crippen LogP contribution in [0.4, 0.5) is 51.2 Å². The Balaban J connectivity index is 1.15. The molecule has 11 aromatic carbocycles. The van der Waals surface area contributed by atoms with Crippen LogP contribution in [0.25, 0.3) is 44.5 Å². The van der Waals surface area contributed by atoms with E-state index in [1.807, 2.05) is 0 Å². The first-order valence-electron chi connectivity index (χ1n) is 24.3. The Morgan fingerprint density at radius 3 is 0.535 bits per heavy atom. The van der Waals surface area contributed by atoms with Gasteiger partial charge in [-0.3, -0.25) is 0 Å². The predicted octanol–water partition coefficient (Wildman–Crippen LogP) is 19.4. The molecule has 0 fully saturated rings. The third kappa shape index (κ3) is 9.76. The molecule has 0 aromatic heterocycles. The minimum Gasteiger partial charge on any atom is -0.310 e. The van der Waals surface area contributed by atoms with Crippen LogP contribution in [0.5, 0.6) is 0 Å². The van der Waals surface area contributed by atoms with Crippen LogP contribution in [0.2, 0.25) is 0 Å². The van der Waals surface area contributed by atoms with Crippen molar-refractivity contribution in [2.24, 2.45) is 0 Å². The molecule has 0 unspecified atom stereocenters. The second-order valence-electron chi connectivity index (χ2n) is 18.0. The lowest BCUT2D eigenvalue weighted by Gasteiger charge is -2.33. The Labute approximate surface area is 418 Å². The quantitative estimate of drug-likeness (QED) is 0.114. The van der Waals surface area contributed by atoms with Crippen LogP contribution in [0.1, 0.15) is 11.1 Å². The Morgan fingerprint density at radius 2 is 0.338 bits per heavy atom. The minimum atomic E-state index is 1.01. The van der Waals surface area contributed by atoms with Crippen molar-refractivity contribution in [3.8, 4) is 44.5 Å². The molecule has 0 saturated carbocycles. The normalized spacial score (nSPS) is 11.0. The van der Waals surface area contributed by atoms with Crippen LogP contribution in [0, 0.1) is 13.8 Å². The molecule has 340 valence electrons. The summed E-state index contributed by atoms with van der Waals surface area (Å²) >= 11 is 0. The van der Waals surface area contributed by atoms with Gasteiger partial charge in [-0.05, 0) is 149 Å². The summed E-state index contributed by atoms with van der Waals surface area (Å²) in [6, 6.07) is 103. The highest BCUT2D eigenvalue weighted by Crippen LogP contribution is 2.47. The van der Waals surface area contributed by atoms with E-state index in [4.69, 9.17) is 0 Å². The van der Waals surface area contributed by atoms with Gasteiger partial charge in [0.15, 0.2) is 0 Å². The molecule has 71 heavy (non-hydrogen) atoms. The van der Waals surface area contributed by atoms with E-state index in [1.165, 1.54) is 33.4 Å². The maximum absolute atomic E-state index is 2.40. The Morgan fingerprint density at radius 1 is 0.169 bits per heavy atom. The zero-order valence-corrected chi connectivity index (χ0v) is 40.0. The van der Waals surface area contributed by atoms with Crippen LogP contribution < -0.4 is 14.7 Å². The Bertz CT molecular complexity index is 3070. The highest BCUT2D eigenvalue weighted by Gasteiger charge is 2.23. The molecule has 0 aliphatic rings. The minimum absolute atomic E-state index is 1.01. The van der Waals surface area contributed by atoms with Gasteiger partial charge in [0.05, 0.1) is 17.1 Å². The average molecular weight is 912 g/mol. The van der Waals surface area contributed by atoms with E-state index >= 15 is 0 Å². The SMILES string of the molecule is Cc1ccc(N(c2ccc(C)cc2)c2cc(N(c3ccc(-c4ccccc4)cc3)c3ccc(-c4ccccc4)cc3)cc(N(c3ccc(-c4ccccc4)cc3)c3ccc(-c4ccccc4)cc3)c2)cc1. The average Bonchev–Trinajstić information content (AvgIpc) is 3.44. The van der Waals surface area contributed by atoms with Crippen molar-refractivity contribution >= 4 is 51.2 Å². The zero-order chi connectivity index (χ0) is 47.9. The van der Waals surface area contributed by atoms with E-state index in [0.717, 1.165) is 73.4 Å². The lowest BCUT2D eigenvalue weighted by molar-refractivity contribution is 1.22. The Kier molecular flexibility index (Phi) is 12.6. The second kappa shape index (κ2) is 20.2. The molecule has 11 rings (SSSR count). The molecule has 11 aromatic rings. The summed E-state index contributed by atoms with van der Waals surface area (Å²) in [7, 11) is 0. The van der Waals surface area contributed by atoms with Crippen LogP contribution in [-0.2, 0) is 0 Å². The molecule has 0 N–H and O–H groups in total. The monoisotopic (exact) mass is 911 g/mol. The number of hydrogen-bond acceptors (Lipinski definition) is 3. The maximum Gasteiger partial charge on any atom is 0.0503 e. The smallest absolute Gasteiger partial charge is 0.0503 e. The van der Waals surface area contributed by atoms with E-state index in [0.29, 0.717) is 0 Å². The molecule has 3 heteroatoms. The van der Waals surface area contributed by atoms with E-state index in [-0.39, 0.29) is 0 Å². The number of anilines is 9. The van der Waals surface area contributed by atoms with Gasteiger partial charge in [-0.2, -0.15) is 0 Å². The van der Waals surface area contributed by atoms with Crippen molar-refractivity contribution in [1.82, 2.24) is 0 Å². The molecule has 3 nitrogen and oxygen atoms in total. The molecule has 0 amide bonds. The topological polar surface area (TPSA) is 9.72 Å². The molecule has 0 atom stereocenters. The van der Waals surface area contributed by atoms with Gasteiger partial charge in [0.25, 0.3) is 0 Å². The summed E-state index contributed by atoms with van der Waals surface area (Å²) in [6.07, 6.45) is 0. The van der Waals surface area contributed by atoms with E-state index < -0.39 is 0 Å². The van der Waals surface area contributed by atoms with E-state index in [9.17, 15) is 0 Å². The third-order valence-electron chi connectivity index (χ3n) is 13.2. The molecule has 0 spiro atoms. The Hall–Kier alpha value is -9.18. The largest absolute Gasteiger partial charge is 0.310 e. The van der Waals surface area contributed by atoms with Gasteiger partial charge in [-0.25, -0.2) is 0 Å². The van der Waals surface area contributed by atoms with Crippen molar-refractivity contribution in [3.63, 3.8) is 0 Å². The lowest BCUT2D eigenvalue weighted by Crippen LogP contribution is -2.16. The fourth-order valence-corrected chi connectivity index (χ4v) is 9.43. The van der Waals surface area contributed by atoms with Crippen LogP contribution in [-0.4, -0.2) is 0 Å².